The molecule has 2 fully saturated rings. The zero-order valence-electron chi connectivity index (χ0n) is 23.7. The van der Waals surface area contributed by atoms with Gasteiger partial charge in [0.05, 0.1) is 0 Å². The quantitative estimate of drug-likeness (QED) is 0.358. The van der Waals surface area contributed by atoms with Gasteiger partial charge in [0.1, 0.15) is 18.4 Å². The summed E-state index contributed by atoms with van der Waals surface area (Å²) < 4.78 is 6.22. The molecule has 4 rings (SSSR count). The number of piperidine rings is 1. The van der Waals surface area contributed by atoms with Crippen molar-refractivity contribution >= 4 is 35.1 Å². The molecule has 0 spiro atoms. The van der Waals surface area contributed by atoms with Crippen LogP contribution < -0.4 is 10.1 Å². The average Bonchev–Trinajstić information content (AvgIpc) is 3.52. The fourth-order valence-corrected chi connectivity index (χ4v) is 6.16. The van der Waals surface area contributed by atoms with Crippen molar-refractivity contribution in [1.82, 2.24) is 20.0 Å². The highest BCUT2D eigenvalue weighted by Crippen LogP contribution is 2.34. The second kappa shape index (κ2) is 14.9. The monoisotopic (exact) mass is 588 g/mol. The van der Waals surface area contributed by atoms with Crippen molar-refractivity contribution in [1.29, 1.82) is 0 Å². The number of nitrogens with one attached hydrogen (secondary N) is 1. The molecule has 3 amide bonds. The van der Waals surface area contributed by atoms with E-state index in [1.807, 2.05) is 17.0 Å². The van der Waals surface area contributed by atoms with Crippen molar-refractivity contribution in [2.45, 2.75) is 57.9 Å². The van der Waals surface area contributed by atoms with E-state index in [1.165, 1.54) is 5.56 Å². The molecule has 0 aliphatic carbocycles. The third kappa shape index (κ3) is 8.05. The lowest BCUT2D eigenvalue weighted by Crippen LogP contribution is -2.54. The molecule has 2 heterocycles. The van der Waals surface area contributed by atoms with Gasteiger partial charge in [-0.2, -0.15) is 0 Å². The molecule has 2 aromatic rings. The van der Waals surface area contributed by atoms with E-state index in [4.69, 9.17) is 27.9 Å². The summed E-state index contributed by atoms with van der Waals surface area (Å²) in [5.74, 6) is 1.19. The summed E-state index contributed by atoms with van der Waals surface area (Å²) in [5.41, 5.74) is 2.00. The molecule has 2 aliphatic heterocycles. The smallest absolute Gasteiger partial charge is 0.318 e. The molecule has 1 N–H and O–H groups in total. The highest BCUT2D eigenvalue weighted by atomic mass is 35.5. The first-order chi connectivity index (χ1) is 19.4. The van der Waals surface area contributed by atoms with E-state index in [0.717, 1.165) is 69.7 Å². The number of urea groups is 1. The molecule has 0 bridgehead atoms. The number of halogens is 2. The van der Waals surface area contributed by atoms with E-state index < -0.39 is 6.04 Å². The second-order valence-electron chi connectivity index (χ2n) is 10.6. The molecule has 2 aliphatic rings. The zero-order chi connectivity index (χ0) is 28.5. The molecular formula is C31H42Cl2N4O3. The fourth-order valence-electron chi connectivity index (χ4n) is 5.67. The molecule has 0 unspecified atom stereocenters. The summed E-state index contributed by atoms with van der Waals surface area (Å²) in [6.45, 7) is 10.6. The van der Waals surface area contributed by atoms with Crippen molar-refractivity contribution in [2.24, 2.45) is 0 Å². The number of likely N-dealkylation sites (N-methyl/N-ethyl adjacent to an activating group) is 1. The van der Waals surface area contributed by atoms with Crippen LogP contribution in [0.1, 0.15) is 56.6 Å². The molecule has 1 atom stereocenters. The minimum atomic E-state index is -0.695. The molecule has 40 heavy (non-hydrogen) atoms. The van der Waals surface area contributed by atoms with Crippen LogP contribution in [0, 0.1) is 0 Å². The Kier molecular flexibility index (Phi) is 11.4. The Morgan fingerprint density at radius 3 is 2.38 bits per heavy atom. The van der Waals surface area contributed by atoms with Crippen molar-refractivity contribution in [3.05, 3.63) is 63.6 Å². The maximum atomic E-state index is 13.8. The van der Waals surface area contributed by atoms with Gasteiger partial charge in [-0.25, -0.2) is 4.79 Å². The molecule has 7 nitrogen and oxygen atoms in total. The molecule has 2 saturated heterocycles. The fraction of sp³-hybridized carbons (Fsp3) is 0.548. The van der Waals surface area contributed by atoms with E-state index in [2.05, 4.69) is 42.3 Å². The van der Waals surface area contributed by atoms with E-state index >= 15 is 0 Å². The summed E-state index contributed by atoms with van der Waals surface area (Å²) in [4.78, 5) is 32.8. The first-order valence-electron chi connectivity index (χ1n) is 14.6. The predicted molar refractivity (Wildman–Crippen MR) is 162 cm³/mol. The number of carbonyl (C=O) groups excluding carboxylic acids is 2. The second-order valence-corrected chi connectivity index (χ2v) is 11.5. The Bertz CT molecular complexity index is 1130. The van der Waals surface area contributed by atoms with Crippen LogP contribution in [-0.2, 0) is 11.2 Å². The van der Waals surface area contributed by atoms with Crippen LogP contribution in [0.15, 0.2) is 42.5 Å². The number of nitrogens with zero attached hydrogens (tertiary/aromatic N) is 3. The first kappa shape index (κ1) is 30.5. The Balaban J connectivity index is 1.40. The molecular weight excluding hydrogens is 547 g/mol. The van der Waals surface area contributed by atoms with E-state index in [-0.39, 0.29) is 11.9 Å². The molecule has 2 aromatic carbocycles. The summed E-state index contributed by atoms with van der Waals surface area (Å²) in [6, 6.07) is 12.7. The first-order valence-corrected chi connectivity index (χ1v) is 15.4. The molecule has 218 valence electrons. The third-order valence-electron chi connectivity index (χ3n) is 8.15. The Morgan fingerprint density at radius 2 is 1.70 bits per heavy atom. The Morgan fingerprint density at radius 1 is 1.00 bits per heavy atom. The van der Waals surface area contributed by atoms with Crippen molar-refractivity contribution in [2.75, 3.05) is 52.4 Å². The Hall–Kier alpha value is -2.48. The SMILES string of the molecule is CCN(CC)CCOc1ccccc1C1CCN(C(=O)[C@@H](Cc2ccc(Cl)cc2Cl)NC(=O)N2CCCC2)CC1. The van der Waals surface area contributed by atoms with Crippen molar-refractivity contribution in [3.8, 4) is 5.75 Å². The van der Waals surface area contributed by atoms with Crippen LogP contribution >= 0.6 is 23.2 Å². The van der Waals surface area contributed by atoms with E-state index in [0.29, 0.717) is 42.1 Å². The average molecular weight is 590 g/mol. The standard InChI is InChI=1S/C31H42Cl2N4O3/c1-3-35(4-2)19-20-40-29-10-6-5-9-26(29)23-13-17-36(18-14-23)30(38)28(34-31(39)37-15-7-8-16-37)21-24-11-12-25(32)22-27(24)33/h5-6,9-12,22-23,28H,3-4,7-8,13-21H2,1-2H3,(H,34,39)/t28-/m1/s1. The predicted octanol–water partition coefficient (Wildman–Crippen LogP) is 5.84. The number of ether oxygens (including phenoxy) is 1. The number of amides is 3. The topological polar surface area (TPSA) is 65.1 Å². The maximum Gasteiger partial charge on any atom is 0.318 e. The van der Waals surface area contributed by atoms with Gasteiger partial charge < -0.3 is 24.8 Å². The lowest BCUT2D eigenvalue weighted by molar-refractivity contribution is -0.134. The largest absolute Gasteiger partial charge is 0.492 e. The van der Waals surface area contributed by atoms with Crippen molar-refractivity contribution < 1.29 is 14.3 Å². The highest BCUT2D eigenvalue weighted by Gasteiger charge is 2.32. The van der Waals surface area contributed by atoms with Gasteiger partial charge in [-0.3, -0.25) is 4.79 Å². The van der Waals surface area contributed by atoms with Crippen LogP contribution in [0.3, 0.4) is 0 Å². The lowest BCUT2D eigenvalue weighted by Gasteiger charge is -2.35. The minimum absolute atomic E-state index is 0.0687. The molecule has 0 saturated carbocycles. The van der Waals surface area contributed by atoms with Crippen LogP contribution in [0.5, 0.6) is 5.75 Å². The zero-order valence-corrected chi connectivity index (χ0v) is 25.2. The number of benzene rings is 2. The van der Waals surface area contributed by atoms with E-state index in [9.17, 15) is 9.59 Å². The molecule has 0 aromatic heterocycles. The van der Waals surface area contributed by atoms with Crippen LogP contribution in [0.4, 0.5) is 4.79 Å². The van der Waals surface area contributed by atoms with Gasteiger partial charge in [0.15, 0.2) is 0 Å². The lowest BCUT2D eigenvalue weighted by atomic mass is 9.88. The number of carbonyl (C=O) groups is 2. The number of rotatable bonds is 11. The summed E-state index contributed by atoms with van der Waals surface area (Å²) in [5, 5.41) is 4.06. The number of hydrogen-bond donors (Lipinski definition) is 1. The number of hydrogen-bond acceptors (Lipinski definition) is 4. The van der Waals surface area contributed by atoms with Gasteiger partial charge >= 0.3 is 6.03 Å². The summed E-state index contributed by atoms with van der Waals surface area (Å²) in [6.07, 6.45) is 3.98. The van der Waals surface area contributed by atoms with Gasteiger partial charge in [0, 0.05) is 49.2 Å². The van der Waals surface area contributed by atoms with Crippen LogP contribution in [0.25, 0.3) is 0 Å². The van der Waals surface area contributed by atoms with E-state index in [1.54, 1.807) is 17.0 Å². The van der Waals surface area contributed by atoms with Gasteiger partial charge in [0.25, 0.3) is 0 Å². The molecule has 9 heteroatoms. The maximum absolute atomic E-state index is 13.8. The summed E-state index contributed by atoms with van der Waals surface area (Å²) >= 11 is 12.5. The Labute approximate surface area is 248 Å². The van der Waals surface area contributed by atoms with Gasteiger partial charge in [-0.05, 0) is 74.0 Å². The van der Waals surface area contributed by atoms with Gasteiger partial charge in [-0.15, -0.1) is 0 Å². The highest BCUT2D eigenvalue weighted by molar-refractivity contribution is 6.35. The normalized spacial score (nSPS) is 16.8. The number of para-hydroxylation sites is 1. The minimum Gasteiger partial charge on any atom is -0.492 e. The van der Waals surface area contributed by atoms with Crippen molar-refractivity contribution in [3.63, 3.8) is 0 Å². The van der Waals surface area contributed by atoms with Gasteiger partial charge in [0.2, 0.25) is 5.91 Å². The van der Waals surface area contributed by atoms with Crippen LogP contribution in [-0.4, -0.2) is 85.1 Å². The summed E-state index contributed by atoms with van der Waals surface area (Å²) in [7, 11) is 0. The molecule has 0 radical (unpaired) electrons. The third-order valence-corrected chi connectivity index (χ3v) is 8.74. The van der Waals surface area contributed by atoms with Gasteiger partial charge in [-0.1, -0.05) is 61.3 Å². The number of likely N-dealkylation sites (tertiary alicyclic amines) is 2. The van der Waals surface area contributed by atoms with Crippen LogP contribution in [0.2, 0.25) is 10.0 Å².